The molecule has 3 nitrogen and oxygen atoms in total. The molecule has 1 fully saturated rings. The molecule has 0 saturated carbocycles. The fourth-order valence-electron chi connectivity index (χ4n) is 2.09. The number of nitrogens with zero attached hydrogens (tertiary/aromatic N) is 1. The molecule has 2 rings (SSSR count). The minimum absolute atomic E-state index is 0.0172. The van der Waals surface area contributed by atoms with Crippen molar-refractivity contribution >= 4 is 40.1 Å². The van der Waals surface area contributed by atoms with Gasteiger partial charge in [-0.15, -0.1) is 0 Å². The maximum absolute atomic E-state index is 12.2. The lowest BCUT2D eigenvalue weighted by atomic mass is 10.0. The van der Waals surface area contributed by atoms with Crippen LogP contribution in [0.2, 0.25) is 5.02 Å². The Bertz CT molecular complexity index is 445. The molecule has 98 valence electrons. The number of rotatable bonds is 2. The molecule has 1 heterocycles. The van der Waals surface area contributed by atoms with Gasteiger partial charge in [-0.25, -0.2) is 0 Å². The lowest BCUT2D eigenvalue weighted by Gasteiger charge is -2.29. The quantitative estimate of drug-likeness (QED) is 0.803. The van der Waals surface area contributed by atoms with Gasteiger partial charge in [0.25, 0.3) is 5.91 Å². The topological polar surface area (TPSA) is 32.3 Å². The first-order chi connectivity index (χ1) is 8.56. The number of carbonyl (C=O) groups excluding carboxylic acids is 1. The van der Waals surface area contributed by atoms with E-state index < -0.39 is 0 Å². The number of benzene rings is 1. The second kappa shape index (κ2) is 6.21. The predicted molar refractivity (Wildman–Crippen MR) is 82.2 cm³/mol. The van der Waals surface area contributed by atoms with Gasteiger partial charge in [-0.05, 0) is 73.8 Å². The maximum Gasteiger partial charge on any atom is 0.252 e. The lowest BCUT2D eigenvalue weighted by Crippen LogP contribution is -2.43. The second-order valence-electron chi connectivity index (χ2n) is 4.68. The van der Waals surface area contributed by atoms with Gasteiger partial charge in [-0.2, -0.15) is 0 Å². The van der Waals surface area contributed by atoms with E-state index >= 15 is 0 Å². The number of hydrogen-bond acceptors (Lipinski definition) is 2. The van der Waals surface area contributed by atoms with E-state index in [2.05, 4.69) is 39.9 Å². The molecular formula is C13H16ClIN2O. The number of amides is 1. The highest BCUT2D eigenvalue weighted by Gasteiger charge is 2.20. The smallest absolute Gasteiger partial charge is 0.252 e. The van der Waals surface area contributed by atoms with E-state index in [1.807, 2.05) is 6.07 Å². The van der Waals surface area contributed by atoms with Crippen LogP contribution in [0.3, 0.4) is 0 Å². The van der Waals surface area contributed by atoms with Crippen molar-refractivity contribution in [3.8, 4) is 0 Å². The molecule has 0 unspecified atom stereocenters. The van der Waals surface area contributed by atoms with Crippen LogP contribution in [0.15, 0.2) is 18.2 Å². The molecule has 1 saturated heterocycles. The molecule has 1 amide bonds. The van der Waals surface area contributed by atoms with Crippen molar-refractivity contribution in [3.05, 3.63) is 32.4 Å². The summed E-state index contributed by atoms with van der Waals surface area (Å²) in [6, 6.07) is 5.68. The number of nitrogens with one attached hydrogen (secondary N) is 1. The molecule has 0 radical (unpaired) electrons. The average Bonchev–Trinajstić information content (AvgIpc) is 2.35. The third-order valence-electron chi connectivity index (χ3n) is 3.23. The van der Waals surface area contributed by atoms with Gasteiger partial charge >= 0.3 is 0 Å². The minimum Gasteiger partial charge on any atom is -0.349 e. The third-order valence-corrected chi connectivity index (χ3v) is 4.40. The first kappa shape index (κ1) is 14.1. The Morgan fingerprint density at radius 1 is 1.44 bits per heavy atom. The Morgan fingerprint density at radius 2 is 2.11 bits per heavy atom. The average molecular weight is 379 g/mol. The Morgan fingerprint density at radius 3 is 2.78 bits per heavy atom. The number of hydrogen-bond donors (Lipinski definition) is 1. The highest BCUT2D eigenvalue weighted by atomic mass is 127. The molecule has 1 aliphatic heterocycles. The summed E-state index contributed by atoms with van der Waals surface area (Å²) in [5, 5.41) is 3.70. The number of carbonyl (C=O) groups is 1. The monoisotopic (exact) mass is 378 g/mol. The Kier molecular flexibility index (Phi) is 4.86. The molecule has 1 N–H and O–H groups in total. The van der Waals surface area contributed by atoms with Gasteiger partial charge in [-0.3, -0.25) is 4.79 Å². The summed E-state index contributed by atoms with van der Waals surface area (Å²) in [6.07, 6.45) is 2.03. The highest BCUT2D eigenvalue weighted by molar-refractivity contribution is 14.1. The van der Waals surface area contributed by atoms with Crippen LogP contribution in [0.4, 0.5) is 0 Å². The van der Waals surface area contributed by atoms with Gasteiger partial charge < -0.3 is 10.2 Å². The Labute approximate surface area is 126 Å². The zero-order valence-corrected chi connectivity index (χ0v) is 13.2. The first-order valence-electron chi connectivity index (χ1n) is 6.00. The van der Waals surface area contributed by atoms with Gasteiger partial charge in [0, 0.05) is 14.6 Å². The largest absolute Gasteiger partial charge is 0.349 e. The molecule has 0 aliphatic carbocycles. The zero-order valence-electron chi connectivity index (χ0n) is 10.2. The summed E-state index contributed by atoms with van der Waals surface area (Å²) >= 11 is 8.09. The van der Waals surface area contributed by atoms with E-state index in [9.17, 15) is 4.79 Å². The van der Waals surface area contributed by atoms with Crippen LogP contribution in [0.5, 0.6) is 0 Å². The standard InChI is InChI=1S/C13H16ClIN2O/c1-17-6-4-10(5-7-17)16-13(18)11-8-9(14)2-3-12(11)15/h2-3,8,10H,4-7H2,1H3,(H,16,18). The number of piperidine rings is 1. The van der Waals surface area contributed by atoms with Crippen LogP contribution < -0.4 is 5.32 Å². The van der Waals surface area contributed by atoms with Crippen LogP contribution in [0, 0.1) is 3.57 Å². The van der Waals surface area contributed by atoms with Crippen molar-refractivity contribution in [2.45, 2.75) is 18.9 Å². The predicted octanol–water partition coefficient (Wildman–Crippen LogP) is 2.77. The fourth-order valence-corrected chi connectivity index (χ4v) is 2.84. The fraction of sp³-hybridized carbons (Fsp3) is 0.462. The van der Waals surface area contributed by atoms with Crippen molar-refractivity contribution in [3.63, 3.8) is 0 Å². The molecule has 0 aromatic heterocycles. The summed E-state index contributed by atoms with van der Waals surface area (Å²) in [6.45, 7) is 2.08. The summed E-state index contributed by atoms with van der Waals surface area (Å²) in [4.78, 5) is 14.5. The van der Waals surface area contributed by atoms with Crippen LogP contribution in [-0.4, -0.2) is 37.0 Å². The van der Waals surface area contributed by atoms with Crippen LogP contribution in [0.25, 0.3) is 0 Å². The van der Waals surface area contributed by atoms with E-state index in [0.29, 0.717) is 10.6 Å². The summed E-state index contributed by atoms with van der Waals surface area (Å²) in [7, 11) is 2.11. The SMILES string of the molecule is CN1CCC(NC(=O)c2cc(Cl)ccc2I)CC1. The summed E-state index contributed by atoms with van der Waals surface area (Å²) in [5.41, 5.74) is 0.669. The molecule has 1 aromatic rings. The van der Waals surface area contributed by atoms with Crippen molar-refractivity contribution in [2.75, 3.05) is 20.1 Å². The van der Waals surface area contributed by atoms with Crippen molar-refractivity contribution in [1.82, 2.24) is 10.2 Å². The van der Waals surface area contributed by atoms with Crippen LogP contribution in [-0.2, 0) is 0 Å². The highest BCUT2D eigenvalue weighted by Crippen LogP contribution is 2.18. The summed E-state index contributed by atoms with van der Waals surface area (Å²) in [5.74, 6) is -0.0172. The number of halogens is 2. The van der Waals surface area contributed by atoms with Crippen molar-refractivity contribution < 1.29 is 4.79 Å². The van der Waals surface area contributed by atoms with Crippen LogP contribution >= 0.6 is 34.2 Å². The van der Waals surface area contributed by atoms with E-state index in [4.69, 9.17) is 11.6 Å². The first-order valence-corrected chi connectivity index (χ1v) is 7.46. The molecule has 0 spiro atoms. The zero-order chi connectivity index (χ0) is 13.1. The van der Waals surface area contributed by atoms with E-state index in [-0.39, 0.29) is 11.9 Å². The summed E-state index contributed by atoms with van der Waals surface area (Å²) < 4.78 is 0.933. The minimum atomic E-state index is -0.0172. The molecule has 0 bridgehead atoms. The number of likely N-dealkylation sites (tertiary alicyclic amines) is 1. The molecule has 1 aliphatic rings. The van der Waals surface area contributed by atoms with E-state index in [1.165, 1.54) is 0 Å². The van der Waals surface area contributed by atoms with E-state index in [1.54, 1.807) is 12.1 Å². The van der Waals surface area contributed by atoms with Gasteiger partial charge in [0.15, 0.2) is 0 Å². The van der Waals surface area contributed by atoms with Crippen molar-refractivity contribution in [2.24, 2.45) is 0 Å². The second-order valence-corrected chi connectivity index (χ2v) is 6.27. The molecule has 0 atom stereocenters. The van der Waals surface area contributed by atoms with Gasteiger partial charge in [-0.1, -0.05) is 11.6 Å². The van der Waals surface area contributed by atoms with Gasteiger partial charge in [0.2, 0.25) is 0 Å². The molecule has 1 aromatic carbocycles. The van der Waals surface area contributed by atoms with E-state index in [0.717, 1.165) is 29.5 Å². The van der Waals surface area contributed by atoms with Gasteiger partial charge in [0.05, 0.1) is 5.56 Å². The normalized spacial score (nSPS) is 17.7. The molecular weight excluding hydrogens is 363 g/mol. The lowest BCUT2D eigenvalue weighted by molar-refractivity contribution is 0.0916. The van der Waals surface area contributed by atoms with Gasteiger partial charge in [0.1, 0.15) is 0 Å². The van der Waals surface area contributed by atoms with Crippen molar-refractivity contribution in [1.29, 1.82) is 0 Å². The molecule has 5 heteroatoms. The Balaban J connectivity index is 2.01. The third kappa shape index (κ3) is 3.59. The Hall–Kier alpha value is -0.330. The maximum atomic E-state index is 12.2. The molecule has 18 heavy (non-hydrogen) atoms. The van der Waals surface area contributed by atoms with Crippen LogP contribution in [0.1, 0.15) is 23.2 Å².